The Balaban J connectivity index is 1.78. The standard InChI is InChI=1S/C24H24O2S/c1-2-17-12-13-20-19(14-17)16-27-23-11-7-6-10-21(23)24(20)26-22(15-25)18-8-4-3-5-9-18/h3-14,22,24-25H,2,15-16H2,1H3. The molecule has 3 aromatic rings. The second-order valence-electron chi connectivity index (χ2n) is 6.81. The molecule has 2 unspecified atom stereocenters. The van der Waals surface area contributed by atoms with Gasteiger partial charge >= 0.3 is 0 Å². The van der Waals surface area contributed by atoms with Gasteiger partial charge in [0.1, 0.15) is 12.2 Å². The average Bonchev–Trinajstić information content (AvgIpc) is 2.89. The lowest BCUT2D eigenvalue weighted by atomic mass is 9.94. The molecule has 138 valence electrons. The topological polar surface area (TPSA) is 29.5 Å². The van der Waals surface area contributed by atoms with Gasteiger partial charge in [-0.15, -0.1) is 11.8 Å². The van der Waals surface area contributed by atoms with Crippen LogP contribution in [0.5, 0.6) is 0 Å². The van der Waals surface area contributed by atoms with Crippen LogP contribution >= 0.6 is 11.8 Å². The highest BCUT2D eigenvalue weighted by atomic mass is 32.2. The molecule has 0 aliphatic carbocycles. The zero-order chi connectivity index (χ0) is 18.6. The lowest BCUT2D eigenvalue weighted by Crippen LogP contribution is -2.16. The molecular weight excluding hydrogens is 352 g/mol. The van der Waals surface area contributed by atoms with Crippen LogP contribution < -0.4 is 0 Å². The van der Waals surface area contributed by atoms with E-state index in [0.717, 1.165) is 17.7 Å². The number of benzene rings is 3. The van der Waals surface area contributed by atoms with Gasteiger partial charge in [-0.25, -0.2) is 0 Å². The maximum absolute atomic E-state index is 10.0. The number of aliphatic hydroxyl groups excluding tert-OH is 1. The summed E-state index contributed by atoms with van der Waals surface area (Å²) in [6, 6.07) is 25.2. The minimum absolute atomic E-state index is 0.0435. The summed E-state index contributed by atoms with van der Waals surface area (Å²) in [6.45, 7) is 2.14. The maximum Gasteiger partial charge on any atom is 0.110 e. The van der Waals surface area contributed by atoms with E-state index in [4.69, 9.17) is 4.74 Å². The molecule has 3 heteroatoms. The normalized spacial score (nSPS) is 16.9. The Morgan fingerprint density at radius 3 is 2.56 bits per heavy atom. The first-order valence-electron chi connectivity index (χ1n) is 9.44. The Bertz CT molecular complexity index is 907. The Hall–Kier alpha value is -2.07. The molecule has 0 saturated carbocycles. The molecule has 1 N–H and O–H groups in total. The van der Waals surface area contributed by atoms with Crippen LogP contribution in [0.2, 0.25) is 0 Å². The van der Waals surface area contributed by atoms with E-state index in [1.54, 1.807) is 0 Å². The van der Waals surface area contributed by atoms with E-state index in [0.29, 0.717) is 0 Å². The summed E-state index contributed by atoms with van der Waals surface area (Å²) in [5.41, 5.74) is 6.06. The highest BCUT2D eigenvalue weighted by molar-refractivity contribution is 7.98. The fourth-order valence-electron chi connectivity index (χ4n) is 3.62. The van der Waals surface area contributed by atoms with Crippen LogP contribution in [0.1, 0.15) is 46.9 Å². The molecular formula is C24H24O2S. The van der Waals surface area contributed by atoms with Gasteiger partial charge in [-0.1, -0.05) is 73.7 Å². The predicted octanol–water partition coefficient (Wildman–Crippen LogP) is 5.69. The Morgan fingerprint density at radius 1 is 1.00 bits per heavy atom. The molecule has 0 aromatic heterocycles. The third-order valence-corrected chi connectivity index (χ3v) is 6.26. The first-order chi connectivity index (χ1) is 13.3. The first-order valence-corrected chi connectivity index (χ1v) is 10.4. The molecule has 0 spiro atoms. The van der Waals surface area contributed by atoms with Crippen molar-refractivity contribution < 1.29 is 9.84 Å². The van der Waals surface area contributed by atoms with Gasteiger partial charge in [-0.2, -0.15) is 0 Å². The fourth-order valence-corrected chi connectivity index (χ4v) is 4.69. The highest BCUT2D eigenvalue weighted by Gasteiger charge is 2.27. The molecule has 4 rings (SSSR count). The summed E-state index contributed by atoms with van der Waals surface area (Å²) in [6.07, 6.45) is 0.486. The van der Waals surface area contributed by atoms with E-state index in [-0.39, 0.29) is 18.8 Å². The third-order valence-electron chi connectivity index (χ3n) is 5.12. The van der Waals surface area contributed by atoms with Crippen LogP contribution in [0.25, 0.3) is 0 Å². The van der Waals surface area contributed by atoms with Gasteiger partial charge < -0.3 is 9.84 Å². The molecule has 0 bridgehead atoms. The third kappa shape index (κ3) is 3.81. The van der Waals surface area contributed by atoms with E-state index in [1.807, 2.05) is 42.1 Å². The number of hydrogen-bond donors (Lipinski definition) is 1. The first kappa shape index (κ1) is 18.3. The largest absolute Gasteiger partial charge is 0.393 e. The van der Waals surface area contributed by atoms with E-state index < -0.39 is 0 Å². The van der Waals surface area contributed by atoms with Crippen molar-refractivity contribution in [2.75, 3.05) is 6.61 Å². The number of fused-ring (bicyclic) bond motifs is 2. The number of ether oxygens (including phenoxy) is 1. The van der Waals surface area contributed by atoms with Crippen LogP contribution in [0.15, 0.2) is 77.7 Å². The van der Waals surface area contributed by atoms with Crippen molar-refractivity contribution in [2.45, 2.75) is 36.2 Å². The minimum atomic E-state index is -0.356. The number of thioether (sulfide) groups is 1. The summed E-state index contributed by atoms with van der Waals surface area (Å²) >= 11 is 1.86. The van der Waals surface area contributed by atoms with E-state index in [2.05, 4.69) is 49.4 Å². The fraction of sp³-hybridized carbons (Fsp3) is 0.250. The van der Waals surface area contributed by atoms with Gasteiger partial charge in [-0.3, -0.25) is 0 Å². The molecule has 3 aromatic carbocycles. The molecule has 2 atom stereocenters. The second kappa shape index (κ2) is 8.30. The maximum atomic E-state index is 10.0. The van der Waals surface area contributed by atoms with Gasteiger partial charge in [0.15, 0.2) is 0 Å². The van der Waals surface area contributed by atoms with Gasteiger partial charge in [0.05, 0.1) is 6.61 Å². The van der Waals surface area contributed by atoms with Crippen LogP contribution in [-0.4, -0.2) is 11.7 Å². The van der Waals surface area contributed by atoms with E-state index >= 15 is 0 Å². The highest BCUT2D eigenvalue weighted by Crippen LogP contribution is 2.43. The second-order valence-corrected chi connectivity index (χ2v) is 7.83. The summed E-state index contributed by atoms with van der Waals surface area (Å²) in [5, 5.41) is 10.0. The lowest BCUT2D eigenvalue weighted by molar-refractivity contribution is -0.0260. The average molecular weight is 377 g/mol. The van der Waals surface area contributed by atoms with Crippen molar-refractivity contribution >= 4 is 11.8 Å². The molecule has 1 aliphatic rings. The number of aliphatic hydroxyl groups is 1. The molecule has 1 aliphatic heterocycles. The summed E-state index contributed by atoms with van der Waals surface area (Å²) in [4.78, 5) is 1.25. The van der Waals surface area contributed by atoms with E-state index in [9.17, 15) is 5.11 Å². The molecule has 2 nitrogen and oxygen atoms in total. The number of aryl methyl sites for hydroxylation is 1. The van der Waals surface area contributed by atoms with E-state index in [1.165, 1.54) is 27.1 Å². The Kier molecular flexibility index (Phi) is 5.63. The van der Waals surface area contributed by atoms with Crippen LogP contribution in [-0.2, 0) is 16.9 Å². The zero-order valence-corrected chi connectivity index (χ0v) is 16.3. The number of hydrogen-bond acceptors (Lipinski definition) is 3. The van der Waals surface area contributed by atoms with Crippen LogP contribution in [0.4, 0.5) is 0 Å². The summed E-state index contributed by atoms with van der Waals surface area (Å²) in [5.74, 6) is 0.940. The summed E-state index contributed by atoms with van der Waals surface area (Å²) < 4.78 is 6.57. The molecule has 0 saturated heterocycles. The predicted molar refractivity (Wildman–Crippen MR) is 111 cm³/mol. The van der Waals surface area contributed by atoms with Crippen molar-refractivity contribution in [3.8, 4) is 0 Å². The van der Waals surface area contributed by atoms with Gasteiger partial charge in [0.2, 0.25) is 0 Å². The van der Waals surface area contributed by atoms with Crippen molar-refractivity contribution in [3.05, 3.63) is 101 Å². The van der Waals surface area contributed by atoms with Crippen molar-refractivity contribution in [3.63, 3.8) is 0 Å². The summed E-state index contributed by atoms with van der Waals surface area (Å²) in [7, 11) is 0. The lowest BCUT2D eigenvalue weighted by Gasteiger charge is -2.26. The molecule has 27 heavy (non-hydrogen) atoms. The molecule has 0 fully saturated rings. The molecule has 0 radical (unpaired) electrons. The monoisotopic (exact) mass is 376 g/mol. The minimum Gasteiger partial charge on any atom is -0.393 e. The zero-order valence-electron chi connectivity index (χ0n) is 15.5. The Morgan fingerprint density at radius 2 is 1.78 bits per heavy atom. The van der Waals surface area contributed by atoms with Crippen LogP contribution in [0, 0.1) is 0 Å². The Labute approximate surface area is 165 Å². The van der Waals surface area contributed by atoms with Gasteiger partial charge in [0.25, 0.3) is 0 Å². The smallest absolute Gasteiger partial charge is 0.110 e. The van der Waals surface area contributed by atoms with Crippen molar-refractivity contribution in [1.29, 1.82) is 0 Å². The van der Waals surface area contributed by atoms with Gasteiger partial charge in [-0.05, 0) is 40.3 Å². The van der Waals surface area contributed by atoms with Gasteiger partial charge in [0, 0.05) is 10.6 Å². The quantitative estimate of drug-likeness (QED) is 0.620. The van der Waals surface area contributed by atoms with Crippen molar-refractivity contribution in [1.82, 2.24) is 0 Å². The molecule has 0 amide bonds. The molecule has 1 heterocycles. The van der Waals surface area contributed by atoms with Crippen LogP contribution in [0.3, 0.4) is 0 Å². The number of rotatable bonds is 5. The van der Waals surface area contributed by atoms with Crippen molar-refractivity contribution in [2.24, 2.45) is 0 Å². The SMILES string of the molecule is CCc1ccc2c(c1)CSc1ccccc1C2OC(CO)c1ccccc1.